The van der Waals surface area contributed by atoms with E-state index in [1.807, 2.05) is 0 Å². The minimum absolute atomic E-state index is 1.01. The van der Waals surface area contributed by atoms with E-state index in [0.29, 0.717) is 0 Å². The molecule has 0 aromatic heterocycles. The fourth-order valence-electron chi connectivity index (χ4n) is 1.17. The largest absolute Gasteiger partial charge is 0.305 e. The zero-order valence-electron chi connectivity index (χ0n) is 7.76. The number of aryl methyl sites for hydroxylation is 1. The Hall–Kier alpha value is -0.340. The van der Waals surface area contributed by atoms with Gasteiger partial charge in [0.05, 0.1) is 0 Å². The van der Waals surface area contributed by atoms with E-state index in [2.05, 4.69) is 60.0 Å². The quantitative estimate of drug-likeness (QED) is 0.752. The smallest absolute Gasteiger partial charge is 0.0227 e. The molecule has 0 aliphatic heterocycles. The van der Waals surface area contributed by atoms with E-state index in [1.54, 1.807) is 0 Å². The molecular weight excluding hydrogens is 214 g/mol. The maximum atomic E-state index is 3.48. The average Bonchev–Trinajstić information content (AvgIpc) is 1.96. The van der Waals surface area contributed by atoms with E-state index >= 15 is 0 Å². The Kier molecular flexibility index (Phi) is 3.29. The van der Waals surface area contributed by atoms with Gasteiger partial charge in [0.2, 0.25) is 0 Å². The summed E-state index contributed by atoms with van der Waals surface area (Å²) < 4.78 is 1.19. The molecule has 0 spiro atoms. The fraction of sp³-hybridized carbons (Fsp3) is 0.400. The summed E-state index contributed by atoms with van der Waals surface area (Å²) in [6.45, 7) is 3.12. The van der Waals surface area contributed by atoms with Crippen LogP contribution in [0.4, 0.5) is 0 Å². The van der Waals surface area contributed by atoms with E-state index in [9.17, 15) is 0 Å². The molecule has 0 aliphatic carbocycles. The molecule has 66 valence electrons. The first-order valence-corrected chi connectivity index (χ1v) is 4.78. The summed E-state index contributed by atoms with van der Waals surface area (Å²) in [4.78, 5) is 2.17. The van der Waals surface area contributed by atoms with Crippen LogP contribution in [0.3, 0.4) is 0 Å². The number of hydrogen-bond donors (Lipinski definition) is 0. The van der Waals surface area contributed by atoms with Crippen molar-refractivity contribution in [2.45, 2.75) is 13.5 Å². The summed E-state index contributed by atoms with van der Waals surface area (Å²) in [5.74, 6) is 0. The van der Waals surface area contributed by atoms with E-state index in [1.165, 1.54) is 15.6 Å². The van der Waals surface area contributed by atoms with E-state index in [4.69, 9.17) is 0 Å². The topological polar surface area (TPSA) is 3.24 Å². The third-order valence-corrected chi connectivity index (χ3v) is 2.61. The highest BCUT2D eigenvalue weighted by molar-refractivity contribution is 9.10. The van der Waals surface area contributed by atoms with Crippen molar-refractivity contribution >= 4 is 15.9 Å². The minimum atomic E-state index is 1.01. The Balaban J connectivity index is 2.82. The lowest BCUT2D eigenvalue weighted by molar-refractivity contribution is 0.402. The van der Waals surface area contributed by atoms with Gasteiger partial charge in [-0.15, -0.1) is 0 Å². The van der Waals surface area contributed by atoms with Crippen LogP contribution in [0, 0.1) is 6.92 Å². The van der Waals surface area contributed by atoms with Gasteiger partial charge in [-0.2, -0.15) is 0 Å². The number of halogens is 1. The lowest BCUT2D eigenvalue weighted by Crippen LogP contribution is -2.10. The normalized spacial score (nSPS) is 10.8. The molecule has 1 rings (SSSR count). The van der Waals surface area contributed by atoms with Gasteiger partial charge >= 0.3 is 0 Å². The average molecular weight is 228 g/mol. The third-order valence-electron chi connectivity index (χ3n) is 1.72. The van der Waals surface area contributed by atoms with Crippen molar-refractivity contribution in [3.8, 4) is 0 Å². The van der Waals surface area contributed by atoms with Crippen molar-refractivity contribution in [2.24, 2.45) is 0 Å². The van der Waals surface area contributed by atoms with Gasteiger partial charge in [0, 0.05) is 11.0 Å². The predicted octanol–water partition coefficient (Wildman–Crippen LogP) is 2.82. The van der Waals surface area contributed by atoms with Gasteiger partial charge in [-0.05, 0) is 38.2 Å². The third kappa shape index (κ3) is 2.61. The first-order chi connectivity index (χ1) is 5.59. The molecule has 0 heterocycles. The Morgan fingerprint density at radius 3 is 2.50 bits per heavy atom. The molecule has 2 heteroatoms. The van der Waals surface area contributed by atoms with Crippen LogP contribution in [0.15, 0.2) is 22.7 Å². The minimum Gasteiger partial charge on any atom is -0.305 e. The molecule has 1 aromatic carbocycles. The molecule has 0 radical (unpaired) electrons. The van der Waals surface area contributed by atoms with Crippen molar-refractivity contribution < 1.29 is 0 Å². The molecule has 1 nitrogen and oxygen atoms in total. The number of rotatable bonds is 2. The summed E-state index contributed by atoms with van der Waals surface area (Å²) in [6, 6.07) is 6.47. The van der Waals surface area contributed by atoms with Gasteiger partial charge in [-0.25, -0.2) is 0 Å². The van der Waals surface area contributed by atoms with Crippen LogP contribution in [-0.4, -0.2) is 19.0 Å². The van der Waals surface area contributed by atoms with Gasteiger partial charge in [-0.1, -0.05) is 28.1 Å². The molecular formula is C10H14BrN. The standard InChI is InChI=1S/C10H14BrN/c1-8-6-9(7-12(2)3)4-5-10(8)11/h4-6H,7H2,1-3H3. The molecule has 0 bridgehead atoms. The Morgan fingerprint density at radius 2 is 2.00 bits per heavy atom. The molecule has 0 atom stereocenters. The van der Waals surface area contributed by atoms with Gasteiger partial charge in [-0.3, -0.25) is 0 Å². The van der Waals surface area contributed by atoms with Crippen LogP contribution in [0.2, 0.25) is 0 Å². The van der Waals surface area contributed by atoms with Crippen LogP contribution in [0.5, 0.6) is 0 Å². The molecule has 0 N–H and O–H groups in total. The Bertz CT molecular complexity index is 269. The fourth-order valence-corrected chi connectivity index (χ4v) is 1.42. The molecule has 0 saturated carbocycles. The number of nitrogens with zero attached hydrogens (tertiary/aromatic N) is 1. The Morgan fingerprint density at radius 1 is 1.33 bits per heavy atom. The number of benzene rings is 1. The summed E-state index contributed by atoms with van der Waals surface area (Å²) in [5, 5.41) is 0. The van der Waals surface area contributed by atoms with Crippen LogP contribution in [0.25, 0.3) is 0 Å². The molecule has 0 aliphatic rings. The lowest BCUT2D eigenvalue weighted by Gasteiger charge is -2.10. The van der Waals surface area contributed by atoms with E-state index in [-0.39, 0.29) is 0 Å². The summed E-state index contributed by atoms with van der Waals surface area (Å²) >= 11 is 3.48. The molecule has 0 amide bonds. The second-order valence-corrected chi connectivity index (χ2v) is 4.18. The molecule has 0 fully saturated rings. The molecule has 0 saturated heterocycles. The number of hydrogen-bond acceptors (Lipinski definition) is 1. The van der Waals surface area contributed by atoms with Gasteiger partial charge < -0.3 is 4.90 Å². The predicted molar refractivity (Wildman–Crippen MR) is 56.3 cm³/mol. The maximum Gasteiger partial charge on any atom is 0.0227 e. The second kappa shape index (κ2) is 4.06. The van der Waals surface area contributed by atoms with Crippen molar-refractivity contribution in [1.29, 1.82) is 0 Å². The van der Waals surface area contributed by atoms with Crippen molar-refractivity contribution in [3.05, 3.63) is 33.8 Å². The van der Waals surface area contributed by atoms with Crippen molar-refractivity contribution in [1.82, 2.24) is 4.90 Å². The highest BCUT2D eigenvalue weighted by Crippen LogP contribution is 2.17. The first kappa shape index (κ1) is 9.75. The van der Waals surface area contributed by atoms with Gasteiger partial charge in [0.1, 0.15) is 0 Å². The lowest BCUT2D eigenvalue weighted by atomic mass is 10.1. The SMILES string of the molecule is Cc1cc(CN(C)C)ccc1Br. The van der Waals surface area contributed by atoms with Crippen LogP contribution in [-0.2, 0) is 6.54 Å². The highest BCUT2D eigenvalue weighted by atomic mass is 79.9. The molecule has 1 aromatic rings. The van der Waals surface area contributed by atoms with Gasteiger partial charge in [0.15, 0.2) is 0 Å². The second-order valence-electron chi connectivity index (χ2n) is 3.32. The van der Waals surface area contributed by atoms with Crippen molar-refractivity contribution in [3.63, 3.8) is 0 Å². The van der Waals surface area contributed by atoms with Crippen LogP contribution in [0.1, 0.15) is 11.1 Å². The molecule has 0 unspecified atom stereocenters. The maximum absolute atomic E-state index is 3.48. The van der Waals surface area contributed by atoms with Crippen molar-refractivity contribution in [2.75, 3.05) is 14.1 Å². The van der Waals surface area contributed by atoms with Crippen LogP contribution >= 0.6 is 15.9 Å². The van der Waals surface area contributed by atoms with E-state index < -0.39 is 0 Å². The van der Waals surface area contributed by atoms with E-state index in [0.717, 1.165) is 6.54 Å². The highest BCUT2D eigenvalue weighted by Gasteiger charge is 1.97. The summed E-state index contributed by atoms with van der Waals surface area (Å²) in [5.41, 5.74) is 2.66. The zero-order valence-corrected chi connectivity index (χ0v) is 9.35. The first-order valence-electron chi connectivity index (χ1n) is 3.99. The Labute approximate surface area is 82.5 Å². The zero-order chi connectivity index (χ0) is 9.14. The summed E-state index contributed by atoms with van der Waals surface area (Å²) in [6.07, 6.45) is 0. The molecule has 12 heavy (non-hydrogen) atoms. The monoisotopic (exact) mass is 227 g/mol. The summed E-state index contributed by atoms with van der Waals surface area (Å²) in [7, 11) is 4.16. The van der Waals surface area contributed by atoms with Crippen LogP contribution < -0.4 is 0 Å². The van der Waals surface area contributed by atoms with Gasteiger partial charge in [0.25, 0.3) is 0 Å².